The van der Waals surface area contributed by atoms with Gasteiger partial charge in [0.2, 0.25) is 0 Å². The standard InChI is InChI=1S/C26H31N7S/c1-4-23(18-7-10-29-25(15-18)30-11-12-33(2)3)32-22-8-9-28-16-20-6-5-19(13-21(20)14-22)24-17-31-26(27)34-24/h4-7,10,13-17,32H,8-9,11-12H2,1-3H3,(H2,27,31)(H,29,30)/b22-14+,23-4+,28-16?. The van der Waals surface area contributed by atoms with Crippen molar-refractivity contribution >= 4 is 40.3 Å². The Labute approximate surface area is 205 Å². The van der Waals surface area contributed by atoms with Gasteiger partial charge in [-0.2, -0.15) is 0 Å². The van der Waals surface area contributed by atoms with Crippen LogP contribution in [0.5, 0.6) is 0 Å². The number of thiazole rings is 1. The maximum Gasteiger partial charge on any atom is 0.180 e. The molecule has 3 heterocycles. The lowest BCUT2D eigenvalue weighted by atomic mass is 10.0. The second kappa shape index (κ2) is 11.1. The zero-order valence-electron chi connectivity index (χ0n) is 19.9. The van der Waals surface area contributed by atoms with Crippen molar-refractivity contribution in [1.29, 1.82) is 0 Å². The lowest BCUT2D eigenvalue weighted by Gasteiger charge is -2.17. The quantitative estimate of drug-likeness (QED) is 0.444. The predicted molar refractivity (Wildman–Crippen MR) is 145 cm³/mol. The van der Waals surface area contributed by atoms with Crippen molar-refractivity contribution in [3.05, 3.63) is 71.2 Å². The van der Waals surface area contributed by atoms with Crippen LogP contribution in [0.3, 0.4) is 0 Å². The number of aliphatic imine (C=N–C) groups is 1. The molecule has 8 heteroatoms. The van der Waals surface area contributed by atoms with Gasteiger partial charge >= 0.3 is 0 Å². The van der Waals surface area contributed by atoms with E-state index < -0.39 is 0 Å². The summed E-state index contributed by atoms with van der Waals surface area (Å²) in [5.74, 6) is 0.871. The first kappa shape index (κ1) is 23.7. The first-order chi connectivity index (χ1) is 16.5. The number of anilines is 2. The Balaban J connectivity index is 1.57. The number of fused-ring (bicyclic) bond motifs is 1. The van der Waals surface area contributed by atoms with E-state index in [4.69, 9.17) is 5.73 Å². The third kappa shape index (κ3) is 6.09. The summed E-state index contributed by atoms with van der Waals surface area (Å²) in [6.45, 7) is 4.57. The highest BCUT2D eigenvalue weighted by atomic mass is 32.1. The molecular weight excluding hydrogens is 442 g/mol. The number of aromatic nitrogens is 2. The molecule has 0 fully saturated rings. The van der Waals surface area contributed by atoms with Gasteiger partial charge in [-0.3, -0.25) is 4.99 Å². The first-order valence-electron chi connectivity index (χ1n) is 11.4. The molecule has 176 valence electrons. The van der Waals surface area contributed by atoms with Crippen molar-refractivity contribution in [2.75, 3.05) is 44.8 Å². The molecule has 0 saturated heterocycles. The maximum atomic E-state index is 5.84. The zero-order chi connectivity index (χ0) is 23.9. The van der Waals surface area contributed by atoms with Gasteiger partial charge in [0.1, 0.15) is 5.82 Å². The molecule has 1 aliphatic rings. The van der Waals surface area contributed by atoms with Crippen LogP contribution < -0.4 is 16.4 Å². The van der Waals surface area contributed by atoms with Gasteiger partial charge in [0, 0.05) is 61.6 Å². The average Bonchev–Trinajstić information content (AvgIpc) is 3.25. The Bertz CT molecular complexity index is 1220. The zero-order valence-corrected chi connectivity index (χ0v) is 20.7. The van der Waals surface area contributed by atoms with Crippen LogP contribution in [0, 0.1) is 0 Å². The van der Waals surface area contributed by atoms with Crippen molar-refractivity contribution < 1.29 is 0 Å². The Morgan fingerprint density at radius 1 is 1.18 bits per heavy atom. The van der Waals surface area contributed by atoms with E-state index in [-0.39, 0.29) is 0 Å². The number of nitrogens with two attached hydrogens (primary N) is 1. The van der Waals surface area contributed by atoms with Crippen LogP contribution in [0.1, 0.15) is 30.0 Å². The molecule has 0 aliphatic carbocycles. The second-order valence-electron chi connectivity index (χ2n) is 8.35. The van der Waals surface area contributed by atoms with Crippen molar-refractivity contribution in [3.63, 3.8) is 0 Å². The van der Waals surface area contributed by atoms with Crippen LogP contribution in [-0.4, -0.2) is 54.8 Å². The summed E-state index contributed by atoms with van der Waals surface area (Å²) in [4.78, 5) is 16.5. The van der Waals surface area contributed by atoms with E-state index in [1.165, 1.54) is 11.3 Å². The number of benzene rings is 1. The highest BCUT2D eigenvalue weighted by Crippen LogP contribution is 2.30. The number of pyridine rings is 1. The molecule has 2 aromatic heterocycles. The SMILES string of the molecule is C/C=C(/N/C1=C/c2cc(-c3cnc(N)s3)ccc2C=NCC1)c1ccnc(NCCN(C)C)c1. The molecule has 0 atom stereocenters. The largest absolute Gasteiger partial charge is 0.375 e. The van der Waals surface area contributed by atoms with E-state index in [0.29, 0.717) is 5.13 Å². The van der Waals surface area contributed by atoms with Crippen LogP contribution in [0.15, 0.2) is 59.5 Å². The number of hydrogen-bond acceptors (Lipinski definition) is 8. The monoisotopic (exact) mass is 473 g/mol. The highest BCUT2D eigenvalue weighted by molar-refractivity contribution is 7.18. The number of likely N-dealkylation sites (N-methyl/N-ethyl adjacent to an activating group) is 1. The Morgan fingerprint density at radius 2 is 2.06 bits per heavy atom. The fourth-order valence-corrected chi connectivity index (χ4v) is 4.37. The summed E-state index contributed by atoms with van der Waals surface area (Å²) < 4.78 is 0. The van der Waals surface area contributed by atoms with E-state index in [1.807, 2.05) is 31.6 Å². The molecule has 1 aromatic carbocycles. The molecule has 0 unspecified atom stereocenters. The van der Waals surface area contributed by atoms with Gasteiger partial charge in [-0.25, -0.2) is 9.97 Å². The summed E-state index contributed by atoms with van der Waals surface area (Å²) >= 11 is 1.49. The fourth-order valence-electron chi connectivity index (χ4n) is 3.68. The summed E-state index contributed by atoms with van der Waals surface area (Å²) in [5, 5.41) is 7.63. The van der Waals surface area contributed by atoms with Crippen LogP contribution in [0.25, 0.3) is 22.2 Å². The van der Waals surface area contributed by atoms with Gasteiger partial charge < -0.3 is 21.3 Å². The highest BCUT2D eigenvalue weighted by Gasteiger charge is 2.11. The summed E-state index contributed by atoms with van der Waals surface area (Å²) in [5.41, 5.74) is 12.4. The van der Waals surface area contributed by atoms with E-state index in [9.17, 15) is 0 Å². The lowest BCUT2D eigenvalue weighted by molar-refractivity contribution is 0.425. The molecule has 0 amide bonds. The Morgan fingerprint density at radius 3 is 2.82 bits per heavy atom. The number of rotatable bonds is 8. The van der Waals surface area contributed by atoms with E-state index >= 15 is 0 Å². The number of nitrogen functional groups attached to an aromatic ring is 1. The summed E-state index contributed by atoms with van der Waals surface area (Å²) in [6.07, 6.45) is 10.8. The van der Waals surface area contributed by atoms with Crippen LogP contribution in [0.4, 0.5) is 10.9 Å². The van der Waals surface area contributed by atoms with Crippen LogP contribution in [-0.2, 0) is 0 Å². The number of allylic oxidation sites excluding steroid dienone is 1. The fraction of sp³-hybridized carbons (Fsp3) is 0.269. The summed E-state index contributed by atoms with van der Waals surface area (Å²) in [7, 11) is 4.13. The maximum absolute atomic E-state index is 5.84. The Hall–Kier alpha value is -3.49. The average molecular weight is 474 g/mol. The summed E-state index contributed by atoms with van der Waals surface area (Å²) in [6, 6.07) is 10.5. The van der Waals surface area contributed by atoms with Crippen molar-refractivity contribution in [2.24, 2.45) is 4.99 Å². The van der Waals surface area contributed by atoms with Crippen LogP contribution in [0.2, 0.25) is 0 Å². The van der Waals surface area contributed by atoms with E-state index in [0.717, 1.165) is 70.4 Å². The number of nitrogens with zero attached hydrogens (tertiary/aromatic N) is 4. The molecular formula is C26H31N7S. The van der Waals surface area contributed by atoms with Gasteiger partial charge in [0.05, 0.1) is 4.88 Å². The number of nitrogens with one attached hydrogen (secondary N) is 2. The van der Waals surface area contributed by atoms with Crippen molar-refractivity contribution in [2.45, 2.75) is 13.3 Å². The minimum atomic E-state index is 0.576. The molecule has 0 saturated carbocycles. The van der Waals surface area contributed by atoms with Gasteiger partial charge in [-0.05, 0) is 62.0 Å². The Kier molecular flexibility index (Phi) is 7.72. The van der Waals surface area contributed by atoms with E-state index in [1.54, 1.807) is 0 Å². The smallest absolute Gasteiger partial charge is 0.180 e. The lowest BCUT2D eigenvalue weighted by Crippen LogP contribution is -2.21. The van der Waals surface area contributed by atoms with Gasteiger partial charge in [-0.15, -0.1) is 0 Å². The van der Waals surface area contributed by atoms with Crippen molar-refractivity contribution in [3.8, 4) is 10.4 Å². The molecule has 4 rings (SSSR count). The second-order valence-corrected chi connectivity index (χ2v) is 9.41. The molecule has 0 bridgehead atoms. The third-order valence-corrected chi connectivity index (χ3v) is 6.36. The van der Waals surface area contributed by atoms with Gasteiger partial charge in [-0.1, -0.05) is 29.5 Å². The van der Waals surface area contributed by atoms with E-state index in [2.05, 4.69) is 81.0 Å². The third-order valence-electron chi connectivity index (χ3n) is 5.49. The minimum Gasteiger partial charge on any atom is -0.375 e. The molecule has 3 aromatic rings. The molecule has 4 N–H and O–H groups in total. The topological polar surface area (TPSA) is 91.5 Å². The first-order valence-corrected chi connectivity index (χ1v) is 12.2. The van der Waals surface area contributed by atoms with Crippen LogP contribution >= 0.6 is 11.3 Å². The number of hydrogen-bond donors (Lipinski definition) is 3. The van der Waals surface area contributed by atoms with Gasteiger partial charge in [0.15, 0.2) is 5.13 Å². The van der Waals surface area contributed by atoms with Gasteiger partial charge in [0.25, 0.3) is 0 Å². The molecule has 0 radical (unpaired) electrons. The predicted octanol–water partition coefficient (Wildman–Crippen LogP) is 4.57. The molecule has 34 heavy (non-hydrogen) atoms. The molecule has 7 nitrogen and oxygen atoms in total. The van der Waals surface area contributed by atoms with Crippen molar-refractivity contribution in [1.82, 2.24) is 20.2 Å². The minimum absolute atomic E-state index is 0.576. The molecule has 0 spiro atoms. The normalized spacial score (nSPS) is 15.3. The molecule has 1 aliphatic heterocycles.